The highest BCUT2D eigenvalue weighted by Gasteiger charge is 2.12. The number of rotatable bonds is 4. The first kappa shape index (κ1) is 13.8. The van der Waals surface area contributed by atoms with Crippen LogP contribution in [0.4, 0.5) is 0 Å². The van der Waals surface area contributed by atoms with Crippen molar-refractivity contribution in [2.75, 3.05) is 7.11 Å². The maximum Gasteiger partial charge on any atom is 0.271 e. The van der Waals surface area contributed by atoms with Gasteiger partial charge in [-0.1, -0.05) is 19.1 Å². The van der Waals surface area contributed by atoms with E-state index in [4.69, 9.17) is 4.74 Å². The van der Waals surface area contributed by atoms with E-state index < -0.39 is 0 Å². The molecule has 3 rings (SSSR count). The molecule has 0 N–H and O–H groups in total. The van der Waals surface area contributed by atoms with Gasteiger partial charge < -0.3 is 4.74 Å². The monoisotopic (exact) mass is 300 g/mol. The summed E-state index contributed by atoms with van der Waals surface area (Å²) in [5.41, 5.74) is 2.87. The van der Waals surface area contributed by atoms with Gasteiger partial charge in [-0.25, -0.2) is 4.98 Å². The van der Waals surface area contributed by atoms with E-state index in [-0.39, 0.29) is 5.56 Å². The van der Waals surface area contributed by atoms with E-state index in [0.29, 0.717) is 6.54 Å². The van der Waals surface area contributed by atoms with E-state index in [9.17, 15) is 4.79 Å². The minimum absolute atomic E-state index is 0.0478. The van der Waals surface area contributed by atoms with Gasteiger partial charge in [-0.3, -0.25) is 9.36 Å². The molecule has 108 valence electrons. The van der Waals surface area contributed by atoms with Crippen LogP contribution in [-0.2, 0) is 6.54 Å². The molecule has 0 aliphatic heterocycles. The summed E-state index contributed by atoms with van der Waals surface area (Å²) in [7, 11) is 1.65. The largest absolute Gasteiger partial charge is 0.497 e. The Morgan fingerprint density at radius 3 is 2.71 bits per heavy atom. The van der Waals surface area contributed by atoms with Crippen molar-refractivity contribution in [2.24, 2.45) is 0 Å². The van der Waals surface area contributed by atoms with Crippen LogP contribution in [0.2, 0.25) is 0 Å². The number of aromatic nitrogens is 2. The molecule has 21 heavy (non-hydrogen) atoms. The molecule has 3 aromatic rings. The summed E-state index contributed by atoms with van der Waals surface area (Å²) in [6.45, 7) is 2.76. The first-order chi connectivity index (χ1) is 10.2. The smallest absolute Gasteiger partial charge is 0.271 e. The first-order valence-corrected chi connectivity index (χ1v) is 7.73. The number of hydrogen-bond donors (Lipinski definition) is 0. The standard InChI is InChI=1S/C16H16N2O2S/c1-3-8-18-10-17-14-13(9-21-15(14)16(18)19)11-4-6-12(20-2)7-5-11/h4-7,9-10H,3,8H2,1-2H3. The van der Waals surface area contributed by atoms with Crippen molar-refractivity contribution in [2.45, 2.75) is 19.9 Å². The summed E-state index contributed by atoms with van der Waals surface area (Å²) in [6.07, 6.45) is 2.57. The molecule has 1 aromatic carbocycles. The van der Waals surface area contributed by atoms with E-state index in [1.165, 1.54) is 11.3 Å². The lowest BCUT2D eigenvalue weighted by molar-refractivity contribution is 0.415. The fourth-order valence-electron chi connectivity index (χ4n) is 2.32. The Bertz CT molecular complexity index is 818. The molecule has 0 atom stereocenters. The van der Waals surface area contributed by atoms with Gasteiger partial charge >= 0.3 is 0 Å². The molecule has 2 heterocycles. The average Bonchev–Trinajstić information content (AvgIpc) is 2.95. The number of thiophene rings is 1. The molecule has 0 saturated carbocycles. The second-order valence-corrected chi connectivity index (χ2v) is 5.68. The predicted octanol–water partition coefficient (Wildman–Crippen LogP) is 3.54. The quantitative estimate of drug-likeness (QED) is 0.740. The maximum absolute atomic E-state index is 12.4. The Morgan fingerprint density at radius 2 is 2.05 bits per heavy atom. The van der Waals surface area contributed by atoms with Gasteiger partial charge in [0.15, 0.2) is 0 Å². The lowest BCUT2D eigenvalue weighted by atomic mass is 10.1. The van der Waals surface area contributed by atoms with Crippen LogP contribution in [-0.4, -0.2) is 16.7 Å². The lowest BCUT2D eigenvalue weighted by Gasteiger charge is -2.04. The van der Waals surface area contributed by atoms with Crippen LogP contribution in [0.15, 0.2) is 40.8 Å². The minimum atomic E-state index is 0.0478. The summed E-state index contributed by atoms with van der Waals surface area (Å²) in [5.74, 6) is 0.816. The van der Waals surface area contributed by atoms with E-state index >= 15 is 0 Å². The van der Waals surface area contributed by atoms with Crippen molar-refractivity contribution in [1.29, 1.82) is 0 Å². The van der Waals surface area contributed by atoms with Crippen LogP contribution in [0, 0.1) is 0 Å². The van der Waals surface area contributed by atoms with Crippen molar-refractivity contribution in [3.63, 3.8) is 0 Å². The van der Waals surface area contributed by atoms with E-state index in [1.54, 1.807) is 18.0 Å². The molecular formula is C16H16N2O2S. The zero-order valence-electron chi connectivity index (χ0n) is 12.0. The molecule has 0 aliphatic rings. The Kier molecular flexibility index (Phi) is 3.75. The highest BCUT2D eigenvalue weighted by molar-refractivity contribution is 7.17. The Labute approximate surface area is 126 Å². The van der Waals surface area contributed by atoms with Crippen LogP contribution in [0.3, 0.4) is 0 Å². The van der Waals surface area contributed by atoms with Crippen molar-refractivity contribution in [3.8, 4) is 16.9 Å². The van der Waals surface area contributed by atoms with Crippen LogP contribution in [0.1, 0.15) is 13.3 Å². The van der Waals surface area contributed by atoms with Crippen LogP contribution >= 0.6 is 11.3 Å². The van der Waals surface area contributed by atoms with Gasteiger partial charge in [-0.15, -0.1) is 11.3 Å². The molecule has 0 bridgehead atoms. The van der Waals surface area contributed by atoms with E-state index in [1.807, 2.05) is 36.6 Å². The lowest BCUT2D eigenvalue weighted by Crippen LogP contribution is -2.19. The molecule has 0 spiro atoms. The van der Waals surface area contributed by atoms with Gasteiger partial charge in [0, 0.05) is 17.5 Å². The minimum Gasteiger partial charge on any atom is -0.497 e. The number of aryl methyl sites for hydroxylation is 1. The van der Waals surface area contributed by atoms with E-state index in [2.05, 4.69) is 4.98 Å². The van der Waals surface area contributed by atoms with Gasteiger partial charge in [0.05, 0.1) is 19.0 Å². The summed E-state index contributed by atoms with van der Waals surface area (Å²) in [4.78, 5) is 16.9. The highest BCUT2D eigenvalue weighted by atomic mass is 32.1. The summed E-state index contributed by atoms with van der Waals surface area (Å²) in [5, 5.41) is 2.00. The maximum atomic E-state index is 12.4. The Hall–Kier alpha value is -2.14. The number of hydrogen-bond acceptors (Lipinski definition) is 4. The third-order valence-corrected chi connectivity index (χ3v) is 4.37. The van der Waals surface area contributed by atoms with Crippen molar-refractivity contribution in [1.82, 2.24) is 9.55 Å². The van der Waals surface area contributed by atoms with Gasteiger partial charge in [0.1, 0.15) is 10.4 Å². The topological polar surface area (TPSA) is 44.1 Å². The van der Waals surface area contributed by atoms with Gasteiger partial charge in [-0.05, 0) is 24.1 Å². The summed E-state index contributed by atoms with van der Waals surface area (Å²) >= 11 is 1.46. The van der Waals surface area contributed by atoms with Gasteiger partial charge in [0.2, 0.25) is 0 Å². The molecule has 0 saturated heterocycles. The third kappa shape index (κ3) is 2.45. The van der Waals surface area contributed by atoms with Crippen molar-refractivity contribution < 1.29 is 4.74 Å². The molecular weight excluding hydrogens is 284 g/mol. The van der Waals surface area contributed by atoms with Crippen LogP contribution in [0.5, 0.6) is 5.75 Å². The number of nitrogens with zero attached hydrogens (tertiary/aromatic N) is 2. The highest BCUT2D eigenvalue weighted by Crippen LogP contribution is 2.31. The zero-order valence-corrected chi connectivity index (χ0v) is 12.8. The van der Waals surface area contributed by atoms with Crippen LogP contribution < -0.4 is 10.3 Å². The first-order valence-electron chi connectivity index (χ1n) is 6.85. The number of methoxy groups -OCH3 is 1. The Morgan fingerprint density at radius 1 is 1.29 bits per heavy atom. The summed E-state index contributed by atoms with van der Waals surface area (Å²) in [6, 6.07) is 7.80. The van der Waals surface area contributed by atoms with E-state index in [0.717, 1.165) is 33.5 Å². The second-order valence-electron chi connectivity index (χ2n) is 4.80. The SMILES string of the molecule is CCCn1cnc2c(-c3ccc(OC)cc3)csc2c1=O. The molecule has 0 fully saturated rings. The third-order valence-electron chi connectivity index (χ3n) is 3.41. The van der Waals surface area contributed by atoms with Gasteiger partial charge in [-0.2, -0.15) is 0 Å². The number of benzene rings is 1. The fraction of sp³-hybridized carbons (Fsp3) is 0.250. The second kappa shape index (κ2) is 5.69. The Balaban J connectivity index is 2.11. The normalized spacial score (nSPS) is 11.0. The molecule has 4 nitrogen and oxygen atoms in total. The number of ether oxygens (including phenoxy) is 1. The molecule has 0 aliphatic carbocycles. The molecule has 0 radical (unpaired) electrons. The molecule has 5 heteroatoms. The average molecular weight is 300 g/mol. The predicted molar refractivity (Wildman–Crippen MR) is 86.2 cm³/mol. The van der Waals surface area contributed by atoms with Crippen molar-refractivity contribution >= 4 is 21.6 Å². The van der Waals surface area contributed by atoms with Gasteiger partial charge in [0.25, 0.3) is 5.56 Å². The van der Waals surface area contributed by atoms with Crippen molar-refractivity contribution in [3.05, 3.63) is 46.3 Å². The summed E-state index contributed by atoms with van der Waals surface area (Å²) < 4.78 is 7.57. The fourth-order valence-corrected chi connectivity index (χ4v) is 3.29. The molecule has 2 aromatic heterocycles. The molecule has 0 amide bonds. The van der Waals surface area contributed by atoms with Crippen LogP contribution in [0.25, 0.3) is 21.3 Å². The molecule has 0 unspecified atom stereocenters. The number of fused-ring (bicyclic) bond motifs is 1. The zero-order chi connectivity index (χ0) is 14.8.